The first-order valence-corrected chi connectivity index (χ1v) is 7.92. The third kappa shape index (κ3) is 8.22. The fraction of sp³-hybridized carbons (Fsp3) is 0.400. The van der Waals surface area contributed by atoms with Crippen molar-refractivity contribution < 1.29 is 23.9 Å². The second-order valence-corrected chi connectivity index (χ2v) is 5.53. The zero-order valence-electron chi connectivity index (χ0n) is 13.1. The normalized spacial score (nSPS) is 10.0. The summed E-state index contributed by atoms with van der Waals surface area (Å²) in [5.74, 6) is -1.11. The van der Waals surface area contributed by atoms with E-state index in [1.165, 1.54) is 18.9 Å². The van der Waals surface area contributed by atoms with Crippen LogP contribution in [-0.2, 0) is 19.1 Å². The number of aryl methyl sites for hydroxylation is 1. The van der Waals surface area contributed by atoms with Crippen molar-refractivity contribution in [3.05, 3.63) is 29.8 Å². The molecule has 0 unspecified atom stereocenters. The number of hydrogen-bond acceptors (Lipinski definition) is 6. The molecule has 0 aliphatic carbocycles. The SMILES string of the molecule is COCCNC(=O)NC(=O)COC(=O)CSc1ccccc1C. The maximum absolute atomic E-state index is 11.6. The average molecular weight is 340 g/mol. The zero-order chi connectivity index (χ0) is 17.1. The van der Waals surface area contributed by atoms with Crippen molar-refractivity contribution in [2.24, 2.45) is 0 Å². The predicted octanol–water partition coefficient (Wildman–Crippen LogP) is 1.10. The van der Waals surface area contributed by atoms with Gasteiger partial charge in [0.2, 0.25) is 0 Å². The Morgan fingerprint density at radius 3 is 2.65 bits per heavy atom. The van der Waals surface area contributed by atoms with Gasteiger partial charge in [0, 0.05) is 18.6 Å². The molecule has 3 amide bonds. The van der Waals surface area contributed by atoms with E-state index in [2.05, 4.69) is 5.32 Å². The molecule has 0 heterocycles. The number of urea groups is 1. The Hall–Kier alpha value is -2.06. The van der Waals surface area contributed by atoms with Crippen molar-refractivity contribution >= 4 is 29.7 Å². The van der Waals surface area contributed by atoms with Gasteiger partial charge in [-0.05, 0) is 18.6 Å². The number of hydrogen-bond donors (Lipinski definition) is 2. The number of benzene rings is 1. The lowest BCUT2D eigenvalue weighted by Gasteiger charge is -2.07. The minimum absolute atomic E-state index is 0.0954. The van der Waals surface area contributed by atoms with E-state index in [1.807, 2.05) is 36.5 Å². The van der Waals surface area contributed by atoms with Gasteiger partial charge in [0.1, 0.15) is 0 Å². The molecule has 0 saturated carbocycles. The molecule has 0 radical (unpaired) electrons. The second kappa shape index (κ2) is 10.6. The summed E-state index contributed by atoms with van der Waals surface area (Å²) in [6.45, 7) is 2.07. The van der Waals surface area contributed by atoms with E-state index in [0.717, 1.165) is 10.5 Å². The van der Waals surface area contributed by atoms with Gasteiger partial charge in [0.25, 0.3) is 5.91 Å². The van der Waals surface area contributed by atoms with Crippen molar-refractivity contribution in [2.75, 3.05) is 32.6 Å². The van der Waals surface area contributed by atoms with E-state index in [4.69, 9.17) is 9.47 Å². The van der Waals surface area contributed by atoms with Gasteiger partial charge in [-0.3, -0.25) is 14.9 Å². The Labute approximate surface area is 139 Å². The lowest BCUT2D eigenvalue weighted by molar-refractivity contribution is -0.145. The third-order valence-corrected chi connectivity index (χ3v) is 3.80. The van der Waals surface area contributed by atoms with Gasteiger partial charge < -0.3 is 14.8 Å². The third-order valence-electron chi connectivity index (χ3n) is 2.65. The summed E-state index contributed by atoms with van der Waals surface area (Å²) in [5.41, 5.74) is 1.07. The molecule has 0 spiro atoms. The molecule has 0 bridgehead atoms. The van der Waals surface area contributed by atoms with Crippen molar-refractivity contribution in [1.82, 2.24) is 10.6 Å². The first-order valence-electron chi connectivity index (χ1n) is 6.93. The molecule has 0 fully saturated rings. The second-order valence-electron chi connectivity index (χ2n) is 4.51. The molecule has 23 heavy (non-hydrogen) atoms. The van der Waals surface area contributed by atoms with Crippen molar-refractivity contribution in [2.45, 2.75) is 11.8 Å². The number of imide groups is 1. The minimum Gasteiger partial charge on any atom is -0.455 e. The standard InChI is InChI=1S/C15H20N2O5S/c1-11-5-3-4-6-12(11)23-10-14(19)22-9-13(18)17-15(20)16-7-8-21-2/h3-6H,7-10H2,1-2H3,(H2,16,17,18,20). The quantitative estimate of drug-likeness (QED) is 0.418. The average Bonchev–Trinajstić information content (AvgIpc) is 2.52. The Morgan fingerprint density at radius 1 is 1.22 bits per heavy atom. The number of amides is 3. The van der Waals surface area contributed by atoms with Crippen molar-refractivity contribution in [3.63, 3.8) is 0 Å². The number of thioether (sulfide) groups is 1. The van der Waals surface area contributed by atoms with E-state index >= 15 is 0 Å². The number of carbonyl (C=O) groups excluding carboxylic acids is 3. The van der Waals surface area contributed by atoms with Gasteiger partial charge in [0.05, 0.1) is 12.4 Å². The van der Waals surface area contributed by atoms with Crippen LogP contribution in [0.3, 0.4) is 0 Å². The molecule has 0 atom stereocenters. The van der Waals surface area contributed by atoms with Gasteiger partial charge in [-0.25, -0.2) is 4.79 Å². The fourth-order valence-corrected chi connectivity index (χ4v) is 2.34. The zero-order valence-corrected chi connectivity index (χ0v) is 13.9. The summed E-state index contributed by atoms with van der Waals surface area (Å²) >= 11 is 1.33. The number of carbonyl (C=O) groups is 3. The van der Waals surface area contributed by atoms with Crippen molar-refractivity contribution in [3.8, 4) is 0 Å². The van der Waals surface area contributed by atoms with Crippen LogP contribution in [0.15, 0.2) is 29.2 Å². The highest BCUT2D eigenvalue weighted by molar-refractivity contribution is 8.00. The molecule has 1 aromatic carbocycles. The largest absolute Gasteiger partial charge is 0.455 e. The van der Waals surface area contributed by atoms with Crippen LogP contribution in [0.5, 0.6) is 0 Å². The van der Waals surface area contributed by atoms with Crippen LogP contribution in [0.2, 0.25) is 0 Å². The Bertz CT molecular complexity index is 550. The molecule has 7 nitrogen and oxygen atoms in total. The van der Waals surface area contributed by atoms with E-state index in [1.54, 1.807) is 0 Å². The molecule has 126 valence electrons. The summed E-state index contributed by atoms with van der Waals surface area (Å²) < 4.78 is 9.56. The molecule has 0 aliphatic heterocycles. The lowest BCUT2D eigenvalue weighted by atomic mass is 10.2. The smallest absolute Gasteiger partial charge is 0.321 e. The maximum Gasteiger partial charge on any atom is 0.321 e. The lowest BCUT2D eigenvalue weighted by Crippen LogP contribution is -2.42. The number of rotatable bonds is 8. The highest BCUT2D eigenvalue weighted by atomic mass is 32.2. The molecule has 2 N–H and O–H groups in total. The van der Waals surface area contributed by atoms with Gasteiger partial charge in [-0.2, -0.15) is 0 Å². The summed E-state index contributed by atoms with van der Waals surface area (Å²) in [4.78, 5) is 35.3. The Morgan fingerprint density at radius 2 is 1.96 bits per heavy atom. The summed E-state index contributed by atoms with van der Waals surface area (Å²) in [6.07, 6.45) is 0. The molecular formula is C15H20N2O5S. The Kier molecular flexibility index (Phi) is 8.78. The highest BCUT2D eigenvalue weighted by Gasteiger charge is 2.11. The number of nitrogens with one attached hydrogen (secondary N) is 2. The summed E-state index contributed by atoms with van der Waals surface area (Å²) in [7, 11) is 1.50. The van der Waals surface area contributed by atoms with Crippen LogP contribution in [0.1, 0.15) is 5.56 Å². The molecule has 0 aliphatic rings. The first kappa shape index (κ1) is 19.0. The van der Waals surface area contributed by atoms with Gasteiger partial charge in [-0.1, -0.05) is 18.2 Å². The van der Waals surface area contributed by atoms with Gasteiger partial charge >= 0.3 is 12.0 Å². The van der Waals surface area contributed by atoms with Crippen LogP contribution in [0.4, 0.5) is 4.79 Å². The molecule has 8 heteroatoms. The monoisotopic (exact) mass is 340 g/mol. The molecule has 0 saturated heterocycles. The molecule has 1 aromatic rings. The van der Waals surface area contributed by atoms with E-state index < -0.39 is 24.5 Å². The number of ether oxygens (including phenoxy) is 2. The maximum atomic E-state index is 11.6. The molecule has 0 aromatic heterocycles. The fourth-order valence-electron chi connectivity index (χ4n) is 1.52. The van der Waals surface area contributed by atoms with Gasteiger partial charge in [0.15, 0.2) is 6.61 Å². The minimum atomic E-state index is -0.686. The van der Waals surface area contributed by atoms with Crippen LogP contribution >= 0.6 is 11.8 Å². The first-order chi connectivity index (χ1) is 11.0. The van der Waals surface area contributed by atoms with Crippen LogP contribution in [0, 0.1) is 6.92 Å². The van der Waals surface area contributed by atoms with Crippen molar-refractivity contribution in [1.29, 1.82) is 0 Å². The van der Waals surface area contributed by atoms with Crippen LogP contribution in [0.25, 0.3) is 0 Å². The Balaban J connectivity index is 2.21. The number of methoxy groups -OCH3 is 1. The summed E-state index contributed by atoms with van der Waals surface area (Å²) in [5, 5.41) is 4.46. The van der Waals surface area contributed by atoms with E-state index in [0.29, 0.717) is 6.61 Å². The highest BCUT2D eigenvalue weighted by Crippen LogP contribution is 2.21. The number of esters is 1. The summed E-state index contributed by atoms with van der Waals surface area (Å²) in [6, 6.07) is 7.00. The van der Waals surface area contributed by atoms with E-state index in [-0.39, 0.29) is 12.3 Å². The van der Waals surface area contributed by atoms with E-state index in [9.17, 15) is 14.4 Å². The molecule has 1 rings (SSSR count). The van der Waals surface area contributed by atoms with Gasteiger partial charge in [-0.15, -0.1) is 11.8 Å². The topological polar surface area (TPSA) is 93.7 Å². The predicted molar refractivity (Wildman–Crippen MR) is 86.3 cm³/mol. The van der Waals surface area contributed by atoms with Crippen LogP contribution < -0.4 is 10.6 Å². The van der Waals surface area contributed by atoms with Crippen LogP contribution in [-0.4, -0.2) is 50.5 Å². The molecular weight excluding hydrogens is 320 g/mol.